The standard InChI is InChI=1S/C34H50N6O/c1-7-12-31(39-22-24(3)35-25(4)23-39)32-37-30-21-28(15-16-29(30)33(41)40(32)8-2)36-27-17-19-34(20-18-27,38(5)6)26-13-10-9-11-14-26/h9-11,13-16,21,24-25,27,31,35-36H,7-8,12,17-20,22-23H2,1-6H3/t24-,25+,27?,31-,34?/m0/s1. The van der Waals surface area contributed by atoms with Gasteiger partial charge < -0.3 is 10.6 Å². The molecule has 1 aromatic heterocycles. The molecular formula is C34H50N6O. The zero-order valence-electron chi connectivity index (χ0n) is 26.0. The van der Waals surface area contributed by atoms with Gasteiger partial charge in [-0.05, 0) is 90.7 Å². The van der Waals surface area contributed by atoms with Crippen molar-refractivity contribution < 1.29 is 0 Å². The van der Waals surface area contributed by atoms with Gasteiger partial charge in [0.05, 0.1) is 16.9 Å². The molecule has 2 aliphatic rings. The summed E-state index contributed by atoms with van der Waals surface area (Å²) in [6.45, 7) is 11.3. The zero-order chi connectivity index (χ0) is 29.1. The van der Waals surface area contributed by atoms with Crippen molar-refractivity contribution >= 4 is 16.6 Å². The highest BCUT2D eigenvalue weighted by Crippen LogP contribution is 2.41. The lowest BCUT2D eigenvalue weighted by Gasteiger charge is -2.46. The van der Waals surface area contributed by atoms with E-state index in [0.717, 1.165) is 68.6 Å². The first-order valence-corrected chi connectivity index (χ1v) is 15.8. The Hall–Kier alpha value is -2.74. The van der Waals surface area contributed by atoms with Crippen LogP contribution in [-0.4, -0.2) is 64.7 Å². The second-order valence-corrected chi connectivity index (χ2v) is 12.7. The second-order valence-electron chi connectivity index (χ2n) is 12.7. The van der Waals surface area contributed by atoms with Crippen LogP contribution in [0.4, 0.5) is 5.69 Å². The van der Waals surface area contributed by atoms with E-state index in [9.17, 15) is 4.79 Å². The van der Waals surface area contributed by atoms with E-state index in [2.05, 4.69) is 105 Å². The Morgan fingerprint density at radius 1 is 1.05 bits per heavy atom. The largest absolute Gasteiger partial charge is 0.382 e. The summed E-state index contributed by atoms with van der Waals surface area (Å²) in [4.78, 5) is 23.9. The highest BCUT2D eigenvalue weighted by atomic mass is 16.1. The average molecular weight is 559 g/mol. The second kappa shape index (κ2) is 12.6. The molecule has 41 heavy (non-hydrogen) atoms. The van der Waals surface area contributed by atoms with Crippen molar-refractivity contribution in [3.05, 3.63) is 70.3 Å². The lowest BCUT2D eigenvalue weighted by atomic mass is 9.74. The molecule has 2 N–H and O–H groups in total. The lowest BCUT2D eigenvalue weighted by molar-refractivity contribution is 0.0945. The molecule has 0 spiro atoms. The summed E-state index contributed by atoms with van der Waals surface area (Å²) in [7, 11) is 4.42. The number of nitrogens with one attached hydrogen (secondary N) is 2. The van der Waals surface area contributed by atoms with Crippen molar-refractivity contribution in [2.24, 2.45) is 0 Å². The van der Waals surface area contributed by atoms with E-state index in [4.69, 9.17) is 4.98 Å². The van der Waals surface area contributed by atoms with Crippen LogP contribution >= 0.6 is 0 Å². The number of benzene rings is 2. The van der Waals surface area contributed by atoms with Crippen molar-refractivity contribution in [1.29, 1.82) is 0 Å². The molecule has 1 aliphatic carbocycles. The first-order valence-electron chi connectivity index (χ1n) is 15.8. The molecule has 7 nitrogen and oxygen atoms in total. The fourth-order valence-electron chi connectivity index (χ4n) is 7.48. The monoisotopic (exact) mass is 558 g/mol. The van der Waals surface area contributed by atoms with Crippen LogP contribution in [0.3, 0.4) is 0 Å². The van der Waals surface area contributed by atoms with Gasteiger partial charge in [0.1, 0.15) is 5.82 Å². The normalized spacial score (nSPS) is 26.4. The number of hydrogen-bond donors (Lipinski definition) is 2. The minimum absolute atomic E-state index is 0.0766. The quantitative estimate of drug-likeness (QED) is 0.349. The Morgan fingerprint density at radius 3 is 2.34 bits per heavy atom. The molecule has 0 bridgehead atoms. The zero-order valence-corrected chi connectivity index (χ0v) is 26.0. The summed E-state index contributed by atoms with van der Waals surface area (Å²) in [5, 5.41) is 8.17. The van der Waals surface area contributed by atoms with Gasteiger partial charge in [-0.1, -0.05) is 43.7 Å². The molecule has 0 unspecified atom stereocenters. The molecule has 1 saturated carbocycles. The molecule has 222 valence electrons. The number of aromatic nitrogens is 2. The van der Waals surface area contributed by atoms with Crippen molar-refractivity contribution in [3.8, 4) is 0 Å². The van der Waals surface area contributed by atoms with Gasteiger partial charge in [-0.15, -0.1) is 0 Å². The van der Waals surface area contributed by atoms with Crippen LogP contribution in [0, 0.1) is 0 Å². The molecule has 3 atom stereocenters. The van der Waals surface area contributed by atoms with Gasteiger partial charge in [-0.3, -0.25) is 19.2 Å². The molecule has 3 aromatic rings. The summed E-state index contributed by atoms with van der Waals surface area (Å²) in [5.74, 6) is 0.918. The number of hydrogen-bond acceptors (Lipinski definition) is 6. The number of piperazine rings is 1. The maximum absolute atomic E-state index is 13.7. The number of anilines is 1. The highest BCUT2D eigenvalue weighted by molar-refractivity contribution is 5.81. The van der Waals surface area contributed by atoms with E-state index in [1.165, 1.54) is 5.56 Å². The van der Waals surface area contributed by atoms with E-state index < -0.39 is 0 Å². The third-order valence-corrected chi connectivity index (χ3v) is 9.54. The van der Waals surface area contributed by atoms with Crippen LogP contribution in [-0.2, 0) is 12.1 Å². The minimum Gasteiger partial charge on any atom is -0.382 e. The molecule has 5 rings (SSSR count). The van der Waals surface area contributed by atoms with E-state index >= 15 is 0 Å². The van der Waals surface area contributed by atoms with Gasteiger partial charge in [-0.25, -0.2) is 4.98 Å². The Labute approximate surface area is 246 Å². The average Bonchev–Trinajstić information content (AvgIpc) is 2.96. The third kappa shape index (κ3) is 6.08. The Bertz CT molecular complexity index is 1350. The van der Waals surface area contributed by atoms with Crippen molar-refractivity contribution in [1.82, 2.24) is 24.7 Å². The van der Waals surface area contributed by atoms with Crippen LogP contribution in [0.15, 0.2) is 53.3 Å². The molecular weight excluding hydrogens is 508 g/mol. The summed E-state index contributed by atoms with van der Waals surface area (Å²) < 4.78 is 1.92. The van der Waals surface area contributed by atoms with Gasteiger partial charge in [0.2, 0.25) is 0 Å². The van der Waals surface area contributed by atoms with E-state index in [1.54, 1.807) is 0 Å². The minimum atomic E-state index is 0.0766. The van der Waals surface area contributed by atoms with Gasteiger partial charge in [0.15, 0.2) is 0 Å². The predicted molar refractivity (Wildman–Crippen MR) is 171 cm³/mol. The SMILES string of the molecule is CCC[C@@H](c1nc2cc(NC3CCC(c4ccccc4)(N(C)C)CC3)ccc2c(=O)n1CC)N1C[C@@H](C)N[C@@H](C)C1. The summed E-state index contributed by atoms with van der Waals surface area (Å²) in [6, 6.07) is 18.5. The maximum atomic E-state index is 13.7. The van der Waals surface area contributed by atoms with Crippen molar-refractivity contribution in [2.75, 3.05) is 32.5 Å². The van der Waals surface area contributed by atoms with Crippen molar-refractivity contribution in [3.63, 3.8) is 0 Å². The fourth-order valence-corrected chi connectivity index (χ4v) is 7.48. The molecule has 1 saturated heterocycles. The van der Waals surface area contributed by atoms with Gasteiger partial charge in [0.25, 0.3) is 5.56 Å². The lowest BCUT2D eigenvalue weighted by Crippen LogP contribution is -2.55. The van der Waals surface area contributed by atoms with Gasteiger partial charge in [-0.2, -0.15) is 0 Å². The first-order chi connectivity index (χ1) is 19.8. The smallest absolute Gasteiger partial charge is 0.261 e. The van der Waals surface area contributed by atoms with E-state index in [0.29, 0.717) is 30.1 Å². The van der Waals surface area contributed by atoms with Crippen LogP contribution in [0.5, 0.6) is 0 Å². The van der Waals surface area contributed by atoms with Gasteiger partial charge in [0, 0.05) is 49.0 Å². The first kappa shape index (κ1) is 29.7. The Kier molecular flexibility index (Phi) is 9.17. The molecule has 7 heteroatoms. The molecule has 2 fully saturated rings. The molecule has 2 heterocycles. The summed E-state index contributed by atoms with van der Waals surface area (Å²) in [6.07, 6.45) is 6.46. The van der Waals surface area contributed by atoms with E-state index in [1.807, 2.05) is 10.6 Å². The van der Waals surface area contributed by atoms with Crippen LogP contribution in [0.25, 0.3) is 10.9 Å². The Balaban J connectivity index is 1.41. The fraction of sp³-hybridized carbons (Fsp3) is 0.588. The van der Waals surface area contributed by atoms with Crippen LogP contribution < -0.4 is 16.2 Å². The summed E-state index contributed by atoms with van der Waals surface area (Å²) >= 11 is 0. The van der Waals surface area contributed by atoms with E-state index in [-0.39, 0.29) is 17.1 Å². The number of nitrogens with zero attached hydrogens (tertiary/aromatic N) is 4. The molecule has 0 amide bonds. The molecule has 0 radical (unpaired) electrons. The van der Waals surface area contributed by atoms with Crippen LogP contribution in [0.2, 0.25) is 0 Å². The number of fused-ring (bicyclic) bond motifs is 1. The maximum Gasteiger partial charge on any atom is 0.261 e. The molecule has 2 aromatic carbocycles. The summed E-state index contributed by atoms with van der Waals surface area (Å²) in [5.41, 5.74) is 3.43. The predicted octanol–water partition coefficient (Wildman–Crippen LogP) is 5.75. The topological polar surface area (TPSA) is 65.4 Å². The Morgan fingerprint density at radius 2 is 1.73 bits per heavy atom. The van der Waals surface area contributed by atoms with Gasteiger partial charge >= 0.3 is 0 Å². The molecule has 1 aliphatic heterocycles. The highest BCUT2D eigenvalue weighted by Gasteiger charge is 2.38. The van der Waals surface area contributed by atoms with Crippen molar-refractivity contribution in [2.45, 2.75) is 102 Å². The van der Waals surface area contributed by atoms with Crippen LogP contribution in [0.1, 0.15) is 83.6 Å². The third-order valence-electron chi connectivity index (χ3n) is 9.54. The number of rotatable bonds is 9.